The van der Waals surface area contributed by atoms with Gasteiger partial charge in [0.2, 0.25) is 0 Å². The maximum absolute atomic E-state index is 12.6. The molecule has 0 bridgehead atoms. The third-order valence-electron chi connectivity index (χ3n) is 2.66. The highest BCUT2D eigenvalue weighted by molar-refractivity contribution is 5.77. The topological polar surface area (TPSA) is 57.5 Å². The van der Waals surface area contributed by atoms with Crippen LogP contribution in [-0.4, -0.2) is 21.8 Å². The molecular weight excluding hydrogens is 306 g/mol. The van der Waals surface area contributed by atoms with Gasteiger partial charge in [0.1, 0.15) is 0 Å². The molecule has 0 amide bonds. The Bertz CT molecular complexity index is 513. The smallest absolute Gasteiger partial charge is 0.416 e. The van der Waals surface area contributed by atoms with E-state index in [1.165, 1.54) is 0 Å². The van der Waals surface area contributed by atoms with Gasteiger partial charge in [-0.25, -0.2) is 4.79 Å². The summed E-state index contributed by atoms with van der Waals surface area (Å²) < 4.78 is 75.5. The molecule has 0 radical (unpaired) electrons. The number of rotatable bonds is 3. The van der Waals surface area contributed by atoms with E-state index in [2.05, 4.69) is 0 Å². The lowest BCUT2D eigenvalue weighted by atomic mass is 9.94. The minimum Gasteiger partial charge on any atom is -0.479 e. The number of benzene rings is 1. The molecular formula is C12H10F6O3. The Morgan fingerprint density at radius 2 is 1.38 bits per heavy atom. The van der Waals surface area contributed by atoms with Crippen molar-refractivity contribution in [2.45, 2.75) is 31.3 Å². The van der Waals surface area contributed by atoms with Crippen molar-refractivity contribution >= 4 is 5.97 Å². The van der Waals surface area contributed by atoms with E-state index in [-0.39, 0.29) is 6.07 Å². The van der Waals surface area contributed by atoms with Gasteiger partial charge in [-0.1, -0.05) is 0 Å². The monoisotopic (exact) mass is 316 g/mol. The number of aliphatic carboxylic acids is 1. The molecule has 1 rings (SSSR count). The predicted molar refractivity (Wildman–Crippen MR) is 58.4 cm³/mol. The van der Waals surface area contributed by atoms with E-state index >= 15 is 0 Å². The highest BCUT2D eigenvalue weighted by Gasteiger charge is 2.38. The normalized spacial score (nSPS) is 15.6. The van der Waals surface area contributed by atoms with Crippen LogP contribution in [-0.2, 0) is 23.6 Å². The van der Waals surface area contributed by atoms with Crippen LogP contribution in [0.4, 0.5) is 26.3 Å². The van der Waals surface area contributed by atoms with Crippen molar-refractivity contribution in [3.8, 4) is 0 Å². The average Bonchev–Trinajstić information content (AvgIpc) is 2.25. The Balaban J connectivity index is 3.36. The number of halogens is 6. The third-order valence-corrected chi connectivity index (χ3v) is 2.66. The van der Waals surface area contributed by atoms with Crippen LogP contribution in [0.15, 0.2) is 18.2 Å². The SMILES string of the molecule is CC(O)(Cc1cc(C(F)(F)F)cc(C(F)(F)F)c1)C(=O)O. The van der Waals surface area contributed by atoms with Gasteiger partial charge in [0.15, 0.2) is 5.60 Å². The summed E-state index contributed by atoms with van der Waals surface area (Å²) >= 11 is 0. The molecule has 1 atom stereocenters. The van der Waals surface area contributed by atoms with Crippen molar-refractivity contribution in [3.05, 3.63) is 34.9 Å². The summed E-state index contributed by atoms with van der Waals surface area (Å²) in [7, 11) is 0. The molecule has 1 aromatic rings. The van der Waals surface area contributed by atoms with Gasteiger partial charge in [0.05, 0.1) is 11.1 Å². The van der Waals surface area contributed by atoms with Crippen LogP contribution in [0.5, 0.6) is 0 Å². The van der Waals surface area contributed by atoms with Crippen LogP contribution in [0.2, 0.25) is 0 Å². The lowest BCUT2D eigenvalue weighted by Crippen LogP contribution is -2.37. The second-order valence-electron chi connectivity index (χ2n) is 4.67. The maximum Gasteiger partial charge on any atom is 0.416 e. The highest BCUT2D eigenvalue weighted by Crippen LogP contribution is 2.36. The standard InChI is InChI=1S/C12H10F6O3/c1-10(21,9(19)20)5-6-2-7(11(13,14)15)4-8(3-6)12(16,17)18/h2-4,21H,5H2,1H3,(H,19,20). The summed E-state index contributed by atoms with van der Waals surface area (Å²) in [5, 5.41) is 18.1. The van der Waals surface area contributed by atoms with Crippen molar-refractivity contribution in [3.63, 3.8) is 0 Å². The first-order chi connectivity index (χ1) is 9.23. The number of hydrogen-bond acceptors (Lipinski definition) is 2. The first-order valence-electron chi connectivity index (χ1n) is 5.47. The molecule has 2 N–H and O–H groups in total. The number of aliphatic hydroxyl groups is 1. The maximum atomic E-state index is 12.6. The number of alkyl halides is 6. The minimum absolute atomic E-state index is 0.0705. The summed E-state index contributed by atoms with van der Waals surface area (Å²) in [4.78, 5) is 10.7. The van der Waals surface area contributed by atoms with Gasteiger partial charge in [-0.3, -0.25) is 0 Å². The van der Waals surface area contributed by atoms with E-state index in [1.54, 1.807) is 0 Å². The lowest BCUT2D eigenvalue weighted by molar-refractivity contribution is -0.156. The molecule has 9 heteroatoms. The highest BCUT2D eigenvalue weighted by atomic mass is 19.4. The second-order valence-corrected chi connectivity index (χ2v) is 4.67. The molecule has 0 aliphatic rings. The molecule has 0 heterocycles. The molecule has 0 saturated heterocycles. The van der Waals surface area contributed by atoms with Crippen molar-refractivity contribution in [1.82, 2.24) is 0 Å². The van der Waals surface area contributed by atoms with Crippen LogP contribution < -0.4 is 0 Å². The Morgan fingerprint density at radius 1 is 1.00 bits per heavy atom. The molecule has 0 spiro atoms. The summed E-state index contributed by atoms with van der Waals surface area (Å²) in [6, 6.07) is 0.693. The molecule has 3 nitrogen and oxygen atoms in total. The van der Waals surface area contributed by atoms with Gasteiger partial charge < -0.3 is 10.2 Å². The van der Waals surface area contributed by atoms with Gasteiger partial charge in [-0.05, 0) is 30.7 Å². The number of carbonyl (C=O) groups is 1. The lowest BCUT2D eigenvalue weighted by Gasteiger charge is -2.20. The van der Waals surface area contributed by atoms with Gasteiger partial charge in [-0.2, -0.15) is 26.3 Å². The number of hydrogen-bond donors (Lipinski definition) is 2. The summed E-state index contributed by atoms with van der Waals surface area (Å²) in [5.41, 5.74) is -6.18. The van der Waals surface area contributed by atoms with Gasteiger partial charge >= 0.3 is 18.3 Å². The zero-order valence-electron chi connectivity index (χ0n) is 10.5. The summed E-state index contributed by atoms with van der Waals surface area (Å²) in [5.74, 6) is -1.76. The largest absolute Gasteiger partial charge is 0.479 e. The molecule has 0 aliphatic carbocycles. The van der Waals surface area contributed by atoms with Crippen molar-refractivity contribution in [2.24, 2.45) is 0 Å². The van der Waals surface area contributed by atoms with E-state index in [0.717, 1.165) is 6.92 Å². The van der Waals surface area contributed by atoms with Gasteiger partial charge in [0, 0.05) is 6.42 Å². The van der Waals surface area contributed by atoms with Crippen LogP contribution >= 0.6 is 0 Å². The first-order valence-corrected chi connectivity index (χ1v) is 5.47. The summed E-state index contributed by atoms with van der Waals surface area (Å²) in [6.45, 7) is 0.781. The number of carboxylic acids is 1. The van der Waals surface area contributed by atoms with E-state index < -0.39 is 47.0 Å². The quantitative estimate of drug-likeness (QED) is 0.843. The van der Waals surface area contributed by atoms with E-state index in [4.69, 9.17) is 5.11 Å². The minimum atomic E-state index is -5.02. The molecule has 0 fully saturated rings. The van der Waals surface area contributed by atoms with Gasteiger partial charge in [-0.15, -0.1) is 0 Å². The molecule has 1 aromatic carbocycles. The van der Waals surface area contributed by atoms with Crippen LogP contribution in [0, 0.1) is 0 Å². The molecule has 0 aromatic heterocycles. The first kappa shape index (κ1) is 17.3. The van der Waals surface area contributed by atoms with Crippen molar-refractivity contribution < 1.29 is 41.4 Å². The zero-order chi connectivity index (χ0) is 16.6. The fourth-order valence-corrected chi connectivity index (χ4v) is 1.59. The van der Waals surface area contributed by atoms with Crippen molar-refractivity contribution in [2.75, 3.05) is 0 Å². The Hall–Kier alpha value is -1.77. The Morgan fingerprint density at radius 3 is 1.67 bits per heavy atom. The molecule has 21 heavy (non-hydrogen) atoms. The second kappa shape index (κ2) is 5.21. The molecule has 0 aliphatic heterocycles. The zero-order valence-corrected chi connectivity index (χ0v) is 10.5. The molecule has 0 saturated carbocycles. The fourth-order valence-electron chi connectivity index (χ4n) is 1.59. The Labute approximate surface area is 114 Å². The molecule has 1 unspecified atom stereocenters. The predicted octanol–water partition coefficient (Wildman–Crippen LogP) is 3.10. The van der Waals surface area contributed by atoms with Crippen molar-refractivity contribution in [1.29, 1.82) is 0 Å². The van der Waals surface area contributed by atoms with E-state index in [1.807, 2.05) is 0 Å². The summed E-state index contributed by atoms with van der Waals surface area (Å²) in [6.07, 6.45) is -10.9. The Kier molecular flexibility index (Phi) is 4.29. The van der Waals surface area contributed by atoms with Crippen LogP contribution in [0.1, 0.15) is 23.6 Å². The molecule has 118 valence electrons. The number of carboxylic acid groups (broad SMARTS) is 1. The van der Waals surface area contributed by atoms with E-state index in [0.29, 0.717) is 12.1 Å². The van der Waals surface area contributed by atoms with E-state index in [9.17, 15) is 36.2 Å². The fraction of sp³-hybridized carbons (Fsp3) is 0.417. The average molecular weight is 316 g/mol. The van der Waals surface area contributed by atoms with Crippen LogP contribution in [0.3, 0.4) is 0 Å². The third kappa shape index (κ3) is 4.35. The van der Waals surface area contributed by atoms with Gasteiger partial charge in [0.25, 0.3) is 0 Å². The van der Waals surface area contributed by atoms with Crippen LogP contribution in [0.25, 0.3) is 0 Å².